The second kappa shape index (κ2) is 9.31. The molecule has 7 nitrogen and oxygen atoms in total. The number of aromatic hydroxyl groups is 1. The molecule has 2 saturated heterocycles. The van der Waals surface area contributed by atoms with Crippen LogP contribution in [-0.2, 0) is 9.53 Å². The molecule has 2 aromatic carbocycles. The molecular weight excluding hydrogens is 423 g/mol. The van der Waals surface area contributed by atoms with Crippen LogP contribution in [0.1, 0.15) is 25.7 Å². The van der Waals surface area contributed by atoms with E-state index in [0.29, 0.717) is 53.5 Å². The molecule has 3 heterocycles. The number of carbonyl (C=O) groups is 1. The van der Waals surface area contributed by atoms with E-state index in [2.05, 4.69) is 15.2 Å². The van der Waals surface area contributed by atoms with E-state index in [1.807, 2.05) is 6.07 Å². The molecule has 172 valence electrons. The zero-order chi connectivity index (χ0) is 22.8. The number of rotatable bonds is 5. The molecule has 0 bridgehead atoms. The molecule has 1 aromatic heterocycles. The third-order valence-corrected chi connectivity index (χ3v) is 6.45. The van der Waals surface area contributed by atoms with Gasteiger partial charge in [-0.3, -0.25) is 4.79 Å². The predicted octanol–water partition coefficient (Wildman–Crippen LogP) is 3.65. The van der Waals surface area contributed by atoms with Crippen molar-refractivity contribution in [1.82, 2.24) is 15.3 Å². The number of phenolic OH excluding ortho intramolecular Hbond substituents is 1. The maximum Gasteiger partial charge on any atom is 0.220 e. The van der Waals surface area contributed by atoms with Gasteiger partial charge in [-0.05, 0) is 55.5 Å². The zero-order valence-corrected chi connectivity index (χ0v) is 18.3. The lowest BCUT2D eigenvalue weighted by molar-refractivity contribution is -0.123. The first-order valence-corrected chi connectivity index (χ1v) is 11.4. The molecule has 0 radical (unpaired) electrons. The fourth-order valence-electron chi connectivity index (χ4n) is 4.68. The number of ether oxygens (including phenoxy) is 1. The highest BCUT2D eigenvalue weighted by atomic mass is 19.1. The minimum Gasteiger partial charge on any atom is -0.507 e. The van der Waals surface area contributed by atoms with Gasteiger partial charge in [-0.2, -0.15) is 0 Å². The van der Waals surface area contributed by atoms with Crippen LogP contribution in [0.25, 0.3) is 22.3 Å². The molecule has 5 rings (SSSR count). The Hall–Kier alpha value is -3.26. The highest BCUT2D eigenvalue weighted by molar-refractivity contribution is 5.91. The minimum atomic E-state index is -0.358. The van der Waals surface area contributed by atoms with Gasteiger partial charge < -0.3 is 20.1 Å². The lowest BCUT2D eigenvalue weighted by atomic mass is 9.96. The molecule has 1 atom stereocenters. The Morgan fingerprint density at radius 3 is 2.79 bits per heavy atom. The van der Waals surface area contributed by atoms with Crippen LogP contribution >= 0.6 is 0 Å². The number of para-hydroxylation sites is 1. The summed E-state index contributed by atoms with van der Waals surface area (Å²) < 4.78 is 19.5. The normalized spacial score (nSPS) is 19.2. The Balaban J connectivity index is 1.38. The van der Waals surface area contributed by atoms with Crippen molar-refractivity contribution in [1.29, 1.82) is 0 Å². The lowest BCUT2D eigenvalue weighted by Gasteiger charge is -2.23. The fourth-order valence-corrected chi connectivity index (χ4v) is 4.68. The Morgan fingerprint density at radius 1 is 1.15 bits per heavy atom. The topological polar surface area (TPSA) is 87.6 Å². The monoisotopic (exact) mass is 450 g/mol. The quantitative estimate of drug-likeness (QED) is 0.617. The standard InChI is InChI=1S/C25H27FN4O3/c26-17-5-6-21-20(14-17)25(29-24(28-21)19-3-1-2-4-22(19)31)30-10-7-18(15-30)27-23(32)13-16-8-11-33-12-9-16/h1-6,14,16,18,31H,7-13,15H2,(H,27,32)/t18-/m1/s1. The molecule has 2 N–H and O–H groups in total. The maximum absolute atomic E-state index is 14.1. The second-order valence-corrected chi connectivity index (χ2v) is 8.81. The predicted molar refractivity (Wildman–Crippen MR) is 124 cm³/mol. The van der Waals surface area contributed by atoms with E-state index < -0.39 is 0 Å². The number of nitrogens with zero attached hydrogens (tertiary/aromatic N) is 3. The number of benzene rings is 2. The summed E-state index contributed by atoms with van der Waals surface area (Å²) in [5.41, 5.74) is 1.12. The van der Waals surface area contributed by atoms with Crippen LogP contribution in [0.4, 0.5) is 10.2 Å². The summed E-state index contributed by atoms with van der Waals surface area (Å²) in [6.45, 7) is 2.73. The Kier molecular flexibility index (Phi) is 6.09. The largest absolute Gasteiger partial charge is 0.507 e. The molecule has 8 heteroatoms. The third kappa shape index (κ3) is 4.75. The first-order valence-electron chi connectivity index (χ1n) is 11.4. The van der Waals surface area contributed by atoms with Gasteiger partial charge in [0, 0.05) is 44.2 Å². The molecule has 0 saturated carbocycles. The maximum atomic E-state index is 14.1. The summed E-state index contributed by atoms with van der Waals surface area (Å²) >= 11 is 0. The molecule has 0 aliphatic carbocycles. The van der Waals surface area contributed by atoms with Gasteiger partial charge in [-0.1, -0.05) is 12.1 Å². The summed E-state index contributed by atoms with van der Waals surface area (Å²) in [7, 11) is 0. The van der Waals surface area contributed by atoms with Crippen LogP contribution in [0.15, 0.2) is 42.5 Å². The van der Waals surface area contributed by atoms with Crippen molar-refractivity contribution in [3.8, 4) is 17.1 Å². The molecule has 0 spiro atoms. The van der Waals surface area contributed by atoms with E-state index >= 15 is 0 Å². The van der Waals surface area contributed by atoms with Crippen LogP contribution in [0, 0.1) is 11.7 Å². The number of phenols is 1. The van der Waals surface area contributed by atoms with Crippen molar-refractivity contribution in [2.24, 2.45) is 5.92 Å². The Bertz CT molecular complexity index is 1170. The third-order valence-electron chi connectivity index (χ3n) is 6.45. The van der Waals surface area contributed by atoms with E-state index in [0.717, 1.165) is 32.5 Å². The van der Waals surface area contributed by atoms with Crippen molar-refractivity contribution in [3.05, 3.63) is 48.3 Å². The van der Waals surface area contributed by atoms with Gasteiger partial charge in [0.25, 0.3) is 0 Å². The van der Waals surface area contributed by atoms with Crippen molar-refractivity contribution in [2.75, 3.05) is 31.2 Å². The number of nitrogens with one attached hydrogen (secondary N) is 1. The minimum absolute atomic E-state index is 0.00416. The molecular formula is C25H27FN4O3. The number of anilines is 1. The summed E-state index contributed by atoms with van der Waals surface area (Å²) in [4.78, 5) is 23.9. The van der Waals surface area contributed by atoms with Crippen molar-refractivity contribution < 1.29 is 19.0 Å². The van der Waals surface area contributed by atoms with Crippen LogP contribution in [0.5, 0.6) is 5.75 Å². The van der Waals surface area contributed by atoms with Gasteiger partial charge in [-0.25, -0.2) is 14.4 Å². The molecule has 2 fully saturated rings. The van der Waals surface area contributed by atoms with E-state index in [1.54, 1.807) is 24.3 Å². The van der Waals surface area contributed by atoms with Crippen LogP contribution in [0.2, 0.25) is 0 Å². The highest BCUT2D eigenvalue weighted by Gasteiger charge is 2.28. The average molecular weight is 451 g/mol. The van der Waals surface area contributed by atoms with E-state index in [-0.39, 0.29) is 23.5 Å². The summed E-state index contributed by atoms with van der Waals surface area (Å²) in [6, 6.07) is 11.3. The second-order valence-electron chi connectivity index (χ2n) is 8.81. The van der Waals surface area contributed by atoms with Crippen molar-refractivity contribution in [3.63, 3.8) is 0 Å². The van der Waals surface area contributed by atoms with Gasteiger partial charge in [-0.15, -0.1) is 0 Å². The first kappa shape index (κ1) is 21.6. The number of hydrogen-bond acceptors (Lipinski definition) is 6. The molecule has 3 aromatic rings. The van der Waals surface area contributed by atoms with Crippen LogP contribution in [0.3, 0.4) is 0 Å². The number of amides is 1. The zero-order valence-electron chi connectivity index (χ0n) is 18.3. The number of fused-ring (bicyclic) bond motifs is 1. The van der Waals surface area contributed by atoms with Crippen molar-refractivity contribution >= 4 is 22.6 Å². The van der Waals surface area contributed by atoms with E-state index in [4.69, 9.17) is 9.72 Å². The molecule has 0 unspecified atom stereocenters. The summed E-state index contributed by atoms with van der Waals surface area (Å²) in [5, 5.41) is 14.1. The Morgan fingerprint density at radius 2 is 1.97 bits per heavy atom. The number of carbonyl (C=O) groups excluding carboxylic acids is 1. The lowest BCUT2D eigenvalue weighted by Crippen LogP contribution is -2.38. The number of halogens is 1. The van der Waals surface area contributed by atoms with Gasteiger partial charge in [0.15, 0.2) is 5.82 Å². The average Bonchev–Trinajstić information content (AvgIpc) is 3.27. The summed E-state index contributed by atoms with van der Waals surface area (Å²) in [6.07, 6.45) is 3.17. The van der Waals surface area contributed by atoms with Crippen LogP contribution < -0.4 is 10.2 Å². The Labute approximate surface area is 191 Å². The first-order chi connectivity index (χ1) is 16.1. The van der Waals surface area contributed by atoms with Gasteiger partial charge in [0.05, 0.1) is 11.1 Å². The number of hydrogen-bond donors (Lipinski definition) is 2. The highest BCUT2D eigenvalue weighted by Crippen LogP contribution is 2.33. The van der Waals surface area contributed by atoms with Gasteiger partial charge >= 0.3 is 0 Å². The molecule has 2 aliphatic heterocycles. The molecule has 2 aliphatic rings. The van der Waals surface area contributed by atoms with Crippen LogP contribution in [-0.4, -0.2) is 53.3 Å². The smallest absolute Gasteiger partial charge is 0.220 e. The van der Waals surface area contributed by atoms with Gasteiger partial charge in [0.2, 0.25) is 5.91 Å². The molecule has 33 heavy (non-hydrogen) atoms. The fraction of sp³-hybridized carbons (Fsp3) is 0.400. The van der Waals surface area contributed by atoms with E-state index in [1.165, 1.54) is 12.1 Å². The summed E-state index contributed by atoms with van der Waals surface area (Å²) in [5.74, 6) is 1.18. The SMILES string of the molecule is O=C(CC1CCOCC1)N[C@@H]1CCN(c2nc(-c3ccccc3O)nc3ccc(F)cc23)C1. The number of aromatic nitrogens is 2. The van der Waals surface area contributed by atoms with E-state index in [9.17, 15) is 14.3 Å². The van der Waals surface area contributed by atoms with Crippen molar-refractivity contribution in [2.45, 2.75) is 31.7 Å². The van der Waals surface area contributed by atoms with Gasteiger partial charge in [0.1, 0.15) is 17.4 Å². The molecule has 1 amide bonds.